The summed E-state index contributed by atoms with van der Waals surface area (Å²) < 4.78 is 18.2. The summed E-state index contributed by atoms with van der Waals surface area (Å²) >= 11 is 11.6. The molecule has 2 rings (SSSR count). The van der Waals surface area contributed by atoms with E-state index in [1.807, 2.05) is 0 Å². The number of carbonyl (C=O) groups is 1. The molecule has 22 heavy (non-hydrogen) atoms. The molecule has 0 saturated carbocycles. The first-order valence-electron chi connectivity index (χ1n) is 6.32. The number of benzene rings is 2. The molecular formula is C15H13Cl2FN2O2. The number of hydrogen-bond acceptors (Lipinski definition) is 2. The number of hydrogen-bond donors (Lipinski definition) is 2. The molecule has 4 nitrogen and oxygen atoms in total. The topological polar surface area (TPSA) is 50.4 Å². The first kappa shape index (κ1) is 16.4. The molecule has 2 amide bonds. The third-order valence-electron chi connectivity index (χ3n) is 2.85. The molecule has 0 fully saturated rings. The van der Waals surface area contributed by atoms with Crippen molar-refractivity contribution in [2.75, 3.05) is 12.4 Å². The van der Waals surface area contributed by atoms with Gasteiger partial charge in [-0.15, -0.1) is 0 Å². The molecule has 2 aromatic rings. The normalized spacial score (nSPS) is 10.2. The molecule has 0 aliphatic heterocycles. The van der Waals surface area contributed by atoms with Gasteiger partial charge in [0.1, 0.15) is 11.6 Å². The number of ether oxygens (including phenoxy) is 1. The van der Waals surface area contributed by atoms with Crippen LogP contribution >= 0.6 is 23.2 Å². The van der Waals surface area contributed by atoms with Crippen molar-refractivity contribution in [1.29, 1.82) is 0 Å². The van der Waals surface area contributed by atoms with Crippen LogP contribution < -0.4 is 15.4 Å². The summed E-state index contributed by atoms with van der Waals surface area (Å²) in [6.07, 6.45) is 0. The molecule has 2 aromatic carbocycles. The Morgan fingerprint density at radius 3 is 2.68 bits per heavy atom. The number of amides is 2. The number of carbonyl (C=O) groups excluding carboxylic acids is 1. The van der Waals surface area contributed by atoms with Crippen LogP contribution in [0, 0.1) is 5.82 Å². The average Bonchev–Trinajstić information content (AvgIpc) is 2.49. The van der Waals surface area contributed by atoms with Gasteiger partial charge in [0.05, 0.1) is 17.8 Å². The third-order valence-corrected chi connectivity index (χ3v) is 3.37. The second-order valence-electron chi connectivity index (χ2n) is 4.40. The average molecular weight is 343 g/mol. The minimum Gasteiger partial charge on any atom is -0.495 e. The summed E-state index contributed by atoms with van der Waals surface area (Å²) in [7, 11) is 1.49. The SMILES string of the molecule is COc1ccc(Cl)cc1NC(=O)NCc1ccc(F)c(Cl)c1. The van der Waals surface area contributed by atoms with Gasteiger partial charge in [-0.3, -0.25) is 0 Å². The zero-order valence-electron chi connectivity index (χ0n) is 11.6. The molecule has 7 heteroatoms. The highest BCUT2D eigenvalue weighted by molar-refractivity contribution is 6.31. The predicted octanol–water partition coefficient (Wildman–Crippen LogP) is 4.46. The number of nitrogens with one attached hydrogen (secondary N) is 2. The van der Waals surface area contributed by atoms with Gasteiger partial charge in [-0.1, -0.05) is 29.3 Å². The lowest BCUT2D eigenvalue weighted by Crippen LogP contribution is -2.28. The van der Waals surface area contributed by atoms with E-state index in [1.54, 1.807) is 24.3 Å². The summed E-state index contributed by atoms with van der Waals surface area (Å²) in [5.74, 6) is -0.0112. The maximum atomic E-state index is 13.0. The molecule has 0 saturated heterocycles. The van der Waals surface area contributed by atoms with Crippen molar-refractivity contribution in [3.05, 3.63) is 57.8 Å². The number of methoxy groups -OCH3 is 1. The number of rotatable bonds is 4. The highest BCUT2D eigenvalue weighted by Gasteiger charge is 2.08. The van der Waals surface area contributed by atoms with Crippen LogP contribution in [0.4, 0.5) is 14.9 Å². The van der Waals surface area contributed by atoms with Crippen LogP contribution in [0.15, 0.2) is 36.4 Å². The van der Waals surface area contributed by atoms with Crippen LogP contribution in [0.5, 0.6) is 5.75 Å². The van der Waals surface area contributed by atoms with Gasteiger partial charge in [0.25, 0.3) is 0 Å². The molecular weight excluding hydrogens is 330 g/mol. The largest absolute Gasteiger partial charge is 0.495 e. The van der Waals surface area contributed by atoms with Gasteiger partial charge in [0.15, 0.2) is 0 Å². The lowest BCUT2D eigenvalue weighted by Gasteiger charge is -2.11. The number of urea groups is 1. The minimum absolute atomic E-state index is 0.0104. The van der Waals surface area contributed by atoms with Crippen LogP contribution in [-0.4, -0.2) is 13.1 Å². The molecule has 116 valence electrons. The molecule has 0 aliphatic carbocycles. The van der Waals surface area contributed by atoms with E-state index >= 15 is 0 Å². The summed E-state index contributed by atoms with van der Waals surface area (Å²) in [5, 5.41) is 5.75. The Morgan fingerprint density at radius 1 is 1.23 bits per heavy atom. The fraction of sp³-hybridized carbons (Fsp3) is 0.133. The molecule has 0 aliphatic rings. The van der Waals surface area contributed by atoms with Gasteiger partial charge in [0.2, 0.25) is 0 Å². The zero-order valence-corrected chi connectivity index (χ0v) is 13.1. The summed E-state index contributed by atoms with van der Waals surface area (Å²) in [6.45, 7) is 0.203. The van der Waals surface area contributed by atoms with Crippen molar-refractivity contribution < 1.29 is 13.9 Å². The van der Waals surface area contributed by atoms with Crippen molar-refractivity contribution in [2.24, 2.45) is 0 Å². The maximum absolute atomic E-state index is 13.0. The Hall–Kier alpha value is -1.98. The molecule has 2 N–H and O–H groups in total. The second-order valence-corrected chi connectivity index (χ2v) is 5.24. The Kier molecular flexibility index (Phi) is 5.46. The highest BCUT2D eigenvalue weighted by atomic mass is 35.5. The van der Waals surface area contributed by atoms with Crippen molar-refractivity contribution in [1.82, 2.24) is 5.32 Å². The van der Waals surface area contributed by atoms with E-state index in [-0.39, 0.29) is 11.6 Å². The van der Waals surface area contributed by atoms with Gasteiger partial charge < -0.3 is 15.4 Å². The predicted molar refractivity (Wildman–Crippen MR) is 85.3 cm³/mol. The van der Waals surface area contributed by atoms with Crippen LogP contribution in [0.3, 0.4) is 0 Å². The van der Waals surface area contributed by atoms with Gasteiger partial charge in [-0.2, -0.15) is 0 Å². The molecule has 0 heterocycles. The van der Waals surface area contributed by atoms with Gasteiger partial charge >= 0.3 is 6.03 Å². The van der Waals surface area contributed by atoms with E-state index < -0.39 is 11.8 Å². The standard InChI is InChI=1S/C15H13Cl2FN2O2/c1-22-14-5-3-10(16)7-13(14)20-15(21)19-8-9-2-4-12(18)11(17)6-9/h2-7H,8H2,1H3,(H2,19,20,21). The van der Waals surface area contributed by atoms with Gasteiger partial charge in [-0.25, -0.2) is 9.18 Å². The van der Waals surface area contributed by atoms with Crippen LogP contribution in [0.25, 0.3) is 0 Å². The molecule has 0 radical (unpaired) electrons. The van der Waals surface area contributed by atoms with E-state index in [1.165, 1.54) is 19.2 Å². The van der Waals surface area contributed by atoms with Gasteiger partial charge in [0, 0.05) is 11.6 Å². The van der Waals surface area contributed by atoms with E-state index in [2.05, 4.69) is 10.6 Å². The first-order chi connectivity index (χ1) is 10.5. The molecule has 0 spiro atoms. The van der Waals surface area contributed by atoms with Crippen molar-refractivity contribution in [3.8, 4) is 5.75 Å². The van der Waals surface area contributed by atoms with Gasteiger partial charge in [-0.05, 0) is 35.9 Å². The fourth-order valence-corrected chi connectivity index (χ4v) is 2.15. The zero-order chi connectivity index (χ0) is 16.1. The quantitative estimate of drug-likeness (QED) is 0.861. The van der Waals surface area contributed by atoms with E-state index in [0.717, 1.165) is 0 Å². The monoisotopic (exact) mass is 342 g/mol. The summed E-state index contributed by atoms with van der Waals surface area (Å²) in [4.78, 5) is 11.9. The Labute approximate surface area is 137 Å². The number of halogens is 3. The Morgan fingerprint density at radius 2 is 2.00 bits per heavy atom. The maximum Gasteiger partial charge on any atom is 0.319 e. The molecule has 0 bridgehead atoms. The van der Waals surface area contributed by atoms with Crippen LogP contribution in [-0.2, 0) is 6.54 Å². The molecule has 0 unspecified atom stereocenters. The number of anilines is 1. The van der Waals surface area contributed by atoms with Crippen molar-refractivity contribution in [2.45, 2.75) is 6.54 Å². The van der Waals surface area contributed by atoms with Crippen molar-refractivity contribution >= 4 is 34.9 Å². The summed E-state index contributed by atoms with van der Waals surface area (Å²) in [5.41, 5.74) is 1.13. The lowest BCUT2D eigenvalue weighted by molar-refractivity contribution is 0.251. The van der Waals surface area contributed by atoms with Crippen LogP contribution in [0.2, 0.25) is 10.0 Å². The fourth-order valence-electron chi connectivity index (χ4n) is 1.78. The van der Waals surface area contributed by atoms with Crippen molar-refractivity contribution in [3.63, 3.8) is 0 Å². The smallest absolute Gasteiger partial charge is 0.319 e. The van der Waals surface area contributed by atoms with E-state index in [9.17, 15) is 9.18 Å². The lowest BCUT2D eigenvalue weighted by atomic mass is 10.2. The minimum atomic E-state index is -0.501. The molecule has 0 atom stereocenters. The summed E-state index contributed by atoms with van der Waals surface area (Å²) in [6, 6.07) is 8.69. The first-order valence-corrected chi connectivity index (χ1v) is 7.07. The third kappa shape index (κ3) is 4.26. The van der Waals surface area contributed by atoms with E-state index in [0.29, 0.717) is 22.0 Å². The van der Waals surface area contributed by atoms with Crippen LogP contribution in [0.1, 0.15) is 5.56 Å². The molecule has 0 aromatic heterocycles. The highest BCUT2D eigenvalue weighted by Crippen LogP contribution is 2.27. The second kappa shape index (κ2) is 7.33. The Balaban J connectivity index is 1.98. The Bertz CT molecular complexity index is 695. The van der Waals surface area contributed by atoms with E-state index in [4.69, 9.17) is 27.9 Å².